The van der Waals surface area contributed by atoms with Crippen molar-refractivity contribution in [2.24, 2.45) is 0 Å². The molecule has 1 fully saturated rings. The van der Waals surface area contributed by atoms with Gasteiger partial charge in [-0.3, -0.25) is 9.59 Å². The number of carbonyl (C=O) groups is 2. The number of ether oxygens (including phenoxy) is 1. The quantitative estimate of drug-likeness (QED) is 0.782. The Bertz CT molecular complexity index is 785. The summed E-state index contributed by atoms with van der Waals surface area (Å²) in [6.45, 7) is 3.77. The molecule has 6 nitrogen and oxygen atoms in total. The van der Waals surface area contributed by atoms with Crippen LogP contribution in [0.2, 0.25) is 0 Å². The standard InChI is InChI=1S/C19H23N3O3/c1-3-25-17(23)13-21(2)19(24)15-12-14-8-4-5-9-16(14)20-18(15)22-10-6-7-11-22/h4-5,8-9,12H,3,6-7,10-11,13H2,1-2H3. The second-order valence-corrected chi connectivity index (χ2v) is 6.21. The van der Waals surface area contributed by atoms with Gasteiger partial charge in [0.05, 0.1) is 17.7 Å². The number of para-hydroxylation sites is 1. The molecule has 0 atom stereocenters. The molecule has 0 radical (unpaired) electrons. The van der Waals surface area contributed by atoms with Crippen molar-refractivity contribution in [2.45, 2.75) is 19.8 Å². The van der Waals surface area contributed by atoms with Crippen LogP contribution >= 0.6 is 0 Å². The molecule has 0 aliphatic carbocycles. The molecule has 2 heterocycles. The number of benzene rings is 1. The van der Waals surface area contributed by atoms with Crippen molar-refractivity contribution >= 4 is 28.6 Å². The first-order valence-corrected chi connectivity index (χ1v) is 8.66. The van der Waals surface area contributed by atoms with Crippen molar-refractivity contribution in [2.75, 3.05) is 38.2 Å². The summed E-state index contributed by atoms with van der Waals surface area (Å²) < 4.78 is 4.94. The van der Waals surface area contributed by atoms with Gasteiger partial charge in [0, 0.05) is 25.5 Å². The fourth-order valence-corrected chi connectivity index (χ4v) is 3.11. The van der Waals surface area contributed by atoms with Gasteiger partial charge >= 0.3 is 5.97 Å². The van der Waals surface area contributed by atoms with E-state index >= 15 is 0 Å². The van der Waals surface area contributed by atoms with Crippen LogP contribution in [0.25, 0.3) is 10.9 Å². The number of likely N-dealkylation sites (N-methyl/N-ethyl adjacent to an activating group) is 1. The molecule has 1 saturated heterocycles. The van der Waals surface area contributed by atoms with Crippen molar-refractivity contribution < 1.29 is 14.3 Å². The molecule has 1 aromatic carbocycles. The van der Waals surface area contributed by atoms with Crippen LogP contribution in [0.15, 0.2) is 30.3 Å². The minimum absolute atomic E-state index is 0.0705. The molecule has 6 heteroatoms. The molecule has 0 bridgehead atoms. The maximum absolute atomic E-state index is 13.0. The van der Waals surface area contributed by atoms with Gasteiger partial charge in [-0.2, -0.15) is 0 Å². The first kappa shape index (κ1) is 17.2. The highest BCUT2D eigenvalue weighted by molar-refractivity contribution is 6.03. The number of pyridine rings is 1. The summed E-state index contributed by atoms with van der Waals surface area (Å²) in [6, 6.07) is 9.64. The van der Waals surface area contributed by atoms with Crippen LogP contribution in [-0.2, 0) is 9.53 Å². The Morgan fingerprint density at radius 1 is 1.24 bits per heavy atom. The summed E-state index contributed by atoms with van der Waals surface area (Å²) in [4.78, 5) is 32.9. The molecule has 1 aliphatic rings. The first-order valence-electron chi connectivity index (χ1n) is 8.66. The lowest BCUT2D eigenvalue weighted by molar-refractivity contribution is -0.143. The molecule has 0 N–H and O–H groups in total. The Balaban J connectivity index is 1.96. The summed E-state index contributed by atoms with van der Waals surface area (Å²) in [5.74, 6) is 0.0833. The second-order valence-electron chi connectivity index (χ2n) is 6.21. The lowest BCUT2D eigenvalue weighted by atomic mass is 10.1. The number of amides is 1. The molecule has 1 aliphatic heterocycles. The normalized spacial score (nSPS) is 13.9. The van der Waals surface area contributed by atoms with Gasteiger partial charge in [-0.1, -0.05) is 18.2 Å². The van der Waals surface area contributed by atoms with Crippen molar-refractivity contribution in [3.05, 3.63) is 35.9 Å². The van der Waals surface area contributed by atoms with Gasteiger partial charge in [0.2, 0.25) is 0 Å². The molecule has 132 valence electrons. The molecule has 1 amide bonds. The number of esters is 1. The van der Waals surface area contributed by atoms with Crippen LogP contribution < -0.4 is 4.90 Å². The second kappa shape index (κ2) is 7.51. The minimum Gasteiger partial charge on any atom is -0.465 e. The van der Waals surface area contributed by atoms with Crippen LogP contribution in [0, 0.1) is 0 Å². The van der Waals surface area contributed by atoms with E-state index in [9.17, 15) is 9.59 Å². The summed E-state index contributed by atoms with van der Waals surface area (Å²) in [5, 5.41) is 0.915. The molecule has 0 saturated carbocycles. The summed E-state index contributed by atoms with van der Waals surface area (Å²) >= 11 is 0. The molecule has 0 spiro atoms. The van der Waals surface area contributed by atoms with Crippen molar-refractivity contribution in [1.29, 1.82) is 0 Å². The van der Waals surface area contributed by atoms with Crippen LogP contribution in [0.5, 0.6) is 0 Å². The monoisotopic (exact) mass is 341 g/mol. The van der Waals surface area contributed by atoms with Gasteiger partial charge in [-0.05, 0) is 31.9 Å². The van der Waals surface area contributed by atoms with Crippen LogP contribution in [0.4, 0.5) is 5.82 Å². The predicted molar refractivity (Wildman–Crippen MR) is 96.8 cm³/mol. The molecule has 25 heavy (non-hydrogen) atoms. The third kappa shape index (κ3) is 3.73. The predicted octanol–water partition coefficient (Wildman–Crippen LogP) is 2.47. The topological polar surface area (TPSA) is 62.7 Å². The fourth-order valence-electron chi connectivity index (χ4n) is 3.11. The van der Waals surface area contributed by atoms with E-state index in [4.69, 9.17) is 9.72 Å². The van der Waals surface area contributed by atoms with Crippen LogP contribution in [0.1, 0.15) is 30.1 Å². The maximum Gasteiger partial charge on any atom is 0.325 e. The number of fused-ring (bicyclic) bond motifs is 1. The minimum atomic E-state index is -0.408. The SMILES string of the molecule is CCOC(=O)CN(C)C(=O)c1cc2ccccc2nc1N1CCCC1. The zero-order chi connectivity index (χ0) is 17.8. The van der Waals surface area contributed by atoms with Gasteiger partial charge < -0.3 is 14.5 Å². The average molecular weight is 341 g/mol. The third-order valence-corrected chi connectivity index (χ3v) is 4.36. The number of hydrogen-bond donors (Lipinski definition) is 0. The maximum atomic E-state index is 13.0. The van der Waals surface area contributed by atoms with Crippen molar-refractivity contribution in [1.82, 2.24) is 9.88 Å². The summed E-state index contributed by atoms with van der Waals surface area (Å²) in [5.41, 5.74) is 1.40. The highest BCUT2D eigenvalue weighted by Crippen LogP contribution is 2.27. The number of carbonyl (C=O) groups excluding carboxylic acids is 2. The Kier molecular flexibility index (Phi) is 5.16. The van der Waals surface area contributed by atoms with Gasteiger partial charge in [-0.25, -0.2) is 4.98 Å². The van der Waals surface area contributed by atoms with E-state index in [-0.39, 0.29) is 12.5 Å². The molecule has 0 unspecified atom stereocenters. The van der Waals surface area contributed by atoms with E-state index in [1.807, 2.05) is 30.3 Å². The molecule has 3 rings (SSSR count). The Hall–Kier alpha value is -2.63. The van der Waals surface area contributed by atoms with Crippen molar-refractivity contribution in [3.63, 3.8) is 0 Å². The molecule has 1 aromatic heterocycles. The van der Waals surface area contributed by atoms with Crippen LogP contribution in [-0.4, -0.2) is 55.0 Å². The Labute approximate surface area is 147 Å². The molecular weight excluding hydrogens is 318 g/mol. The Morgan fingerprint density at radius 3 is 2.68 bits per heavy atom. The molecule has 2 aromatic rings. The largest absolute Gasteiger partial charge is 0.465 e. The zero-order valence-electron chi connectivity index (χ0n) is 14.7. The number of anilines is 1. The van der Waals surface area contributed by atoms with Crippen molar-refractivity contribution in [3.8, 4) is 0 Å². The fraction of sp³-hybridized carbons (Fsp3) is 0.421. The van der Waals surface area contributed by atoms with Crippen LogP contribution in [0.3, 0.4) is 0 Å². The highest BCUT2D eigenvalue weighted by atomic mass is 16.5. The zero-order valence-corrected chi connectivity index (χ0v) is 14.7. The smallest absolute Gasteiger partial charge is 0.325 e. The van der Waals surface area contributed by atoms with E-state index < -0.39 is 5.97 Å². The van der Waals surface area contributed by atoms with Gasteiger partial charge in [0.1, 0.15) is 12.4 Å². The van der Waals surface area contributed by atoms with Gasteiger partial charge in [-0.15, -0.1) is 0 Å². The third-order valence-electron chi connectivity index (χ3n) is 4.36. The van der Waals surface area contributed by atoms with Gasteiger partial charge in [0.15, 0.2) is 0 Å². The van der Waals surface area contributed by atoms with Gasteiger partial charge in [0.25, 0.3) is 5.91 Å². The lowest BCUT2D eigenvalue weighted by Crippen LogP contribution is -2.34. The lowest BCUT2D eigenvalue weighted by Gasteiger charge is -2.23. The molecular formula is C19H23N3O3. The number of nitrogens with zero attached hydrogens (tertiary/aromatic N) is 3. The van der Waals surface area contributed by atoms with E-state index in [2.05, 4.69) is 4.90 Å². The van der Waals surface area contributed by atoms with E-state index in [1.165, 1.54) is 4.90 Å². The average Bonchev–Trinajstić information content (AvgIpc) is 3.14. The Morgan fingerprint density at radius 2 is 1.96 bits per heavy atom. The summed E-state index contributed by atoms with van der Waals surface area (Å²) in [6.07, 6.45) is 2.20. The highest BCUT2D eigenvalue weighted by Gasteiger charge is 2.25. The van der Waals surface area contributed by atoms with E-state index in [1.54, 1.807) is 14.0 Å². The van der Waals surface area contributed by atoms with E-state index in [0.29, 0.717) is 18.0 Å². The number of aromatic nitrogens is 1. The first-order chi connectivity index (χ1) is 12.1. The van der Waals surface area contributed by atoms with E-state index in [0.717, 1.165) is 36.8 Å². The number of rotatable bonds is 5. The number of hydrogen-bond acceptors (Lipinski definition) is 5. The summed E-state index contributed by atoms with van der Waals surface area (Å²) in [7, 11) is 1.61.